The molecule has 0 unspecified atom stereocenters. The van der Waals surface area contributed by atoms with Crippen LogP contribution in [0.5, 0.6) is 23.0 Å². The van der Waals surface area contributed by atoms with Gasteiger partial charge < -0.3 is 29.5 Å². The maximum atomic E-state index is 13.6. The van der Waals surface area contributed by atoms with Crippen molar-refractivity contribution < 1.29 is 29.0 Å². The van der Waals surface area contributed by atoms with Crippen molar-refractivity contribution in [3.05, 3.63) is 70.1 Å². The van der Waals surface area contributed by atoms with E-state index in [1.807, 2.05) is 25.1 Å². The third-order valence-corrected chi connectivity index (χ3v) is 6.47. The van der Waals surface area contributed by atoms with Crippen molar-refractivity contribution in [1.82, 2.24) is 5.16 Å². The number of phenolic OH excluding ortho intramolecular Hbond substituents is 2. The molecule has 33 heavy (non-hydrogen) atoms. The highest BCUT2D eigenvalue weighted by atomic mass is 16.5. The molecule has 0 fully saturated rings. The molecule has 0 saturated heterocycles. The Hall–Kier alpha value is -3.94. The number of nitrogens with one attached hydrogen (secondary N) is 1. The number of aromatic hydroxyl groups is 2. The molecule has 2 aromatic carbocycles. The number of benzene rings is 2. The van der Waals surface area contributed by atoms with E-state index in [2.05, 4.69) is 10.5 Å². The van der Waals surface area contributed by atoms with E-state index in [1.54, 1.807) is 20.3 Å². The predicted octanol–water partition coefficient (Wildman–Crippen LogP) is 4.37. The van der Waals surface area contributed by atoms with Crippen molar-refractivity contribution in [2.45, 2.75) is 31.6 Å². The van der Waals surface area contributed by atoms with Crippen molar-refractivity contribution in [1.29, 1.82) is 0 Å². The maximum Gasteiger partial charge on any atom is 0.233 e. The van der Waals surface area contributed by atoms with Crippen LogP contribution in [0.1, 0.15) is 47.1 Å². The second kappa shape index (κ2) is 7.88. The van der Waals surface area contributed by atoms with Crippen LogP contribution in [-0.2, 0) is 4.79 Å². The third kappa shape index (κ3) is 3.38. The molecule has 3 N–H and O–H groups in total. The number of rotatable bonds is 4. The van der Waals surface area contributed by atoms with Gasteiger partial charge in [0.25, 0.3) is 0 Å². The average Bonchev–Trinajstić information content (AvgIpc) is 3.19. The van der Waals surface area contributed by atoms with Crippen LogP contribution < -0.4 is 14.8 Å². The first-order chi connectivity index (χ1) is 15.9. The zero-order valence-electron chi connectivity index (χ0n) is 18.5. The zero-order chi connectivity index (χ0) is 23.3. The first kappa shape index (κ1) is 20.9. The van der Waals surface area contributed by atoms with Gasteiger partial charge in [-0.25, -0.2) is 0 Å². The Morgan fingerprint density at radius 1 is 1.00 bits per heavy atom. The van der Waals surface area contributed by atoms with E-state index in [-0.39, 0.29) is 23.2 Å². The molecule has 2 aliphatic rings. The molecule has 8 nitrogen and oxygen atoms in total. The van der Waals surface area contributed by atoms with Crippen LogP contribution in [0.15, 0.2) is 52.2 Å². The Morgan fingerprint density at radius 3 is 2.48 bits per heavy atom. The summed E-state index contributed by atoms with van der Waals surface area (Å²) in [6.45, 7) is 1.82. The highest BCUT2D eigenvalue weighted by Gasteiger charge is 2.41. The first-order valence-electron chi connectivity index (χ1n) is 10.6. The number of allylic oxidation sites excluding steroid dienone is 2. The summed E-state index contributed by atoms with van der Waals surface area (Å²) in [5, 5.41) is 27.3. The maximum absolute atomic E-state index is 13.6. The van der Waals surface area contributed by atoms with Crippen LogP contribution in [0.2, 0.25) is 0 Å². The number of nitrogens with zero attached hydrogens (tertiary/aromatic N) is 1. The minimum absolute atomic E-state index is 0.00681. The molecule has 0 saturated carbocycles. The van der Waals surface area contributed by atoms with Crippen molar-refractivity contribution >= 4 is 11.7 Å². The molecular weight excluding hydrogens is 424 g/mol. The number of Topliss-reactive ketones (excluding diaryl/α,β-unsaturated/α-hetero) is 1. The average molecular weight is 448 g/mol. The Bertz CT molecular complexity index is 1290. The van der Waals surface area contributed by atoms with Gasteiger partial charge in [0.2, 0.25) is 5.88 Å². The highest BCUT2D eigenvalue weighted by molar-refractivity contribution is 6.01. The van der Waals surface area contributed by atoms with Crippen molar-refractivity contribution in [2.75, 3.05) is 19.5 Å². The number of carbonyl (C=O) groups is 1. The van der Waals surface area contributed by atoms with Crippen LogP contribution in [0.3, 0.4) is 0 Å². The van der Waals surface area contributed by atoms with Gasteiger partial charge in [-0.15, -0.1) is 0 Å². The number of fused-ring (bicyclic) bond motifs is 1. The van der Waals surface area contributed by atoms with Crippen molar-refractivity contribution in [3.63, 3.8) is 0 Å². The Labute approximate surface area is 190 Å². The number of aryl methyl sites for hydroxylation is 1. The van der Waals surface area contributed by atoms with E-state index in [0.29, 0.717) is 47.1 Å². The van der Waals surface area contributed by atoms with E-state index in [0.717, 1.165) is 16.8 Å². The molecule has 1 aliphatic heterocycles. The van der Waals surface area contributed by atoms with Gasteiger partial charge in [0.1, 0.15) is 0 Å². The highest BCUT2D eigenvalue weighted by Crippen LogP contribution is 2.50. The Balaban J connectivity index is 1.59. The number of carbonyl (C=O) groups excluding carboxylic acids is 1. The number of methoxy groups -OCH3 is 2. The molecule has 5 rings (SSSR count). The molecule has 1 aromatic heterocycles. The molecule has 0 radical (unpaired) electrons. The lowest BCUT2D eigenvalue weighted by atomic mass is 9.72. The Kier molecular flexibility index (Phi) is 5.00. The van der Waals surface area contributed by atoms with Crippen molar-refractivity contribution in [2.24, 2.45) is 0 Å². The Morgan fingerprint density at radius 2 is 1.76 bits per heavy atom. The van der Waals surface area contributed by atoms with Gasteiger partial charge in [0, 0.05) is 23.6 Å². The SMILES string of the molecule is COc1ccc([C@H]2CC(=O)C3=C(C2)Nc2onc(C)c2[C@@H]3c2ccc(O)c(O)c2)cc1OC. The molecule has 170 valence electrons. The number of aromatic nitrogens is 1. The molecule has 0 spiro atoms. The van der Waals surface area contributed by atoms with E-state index in [1.165, 1.54) is 12.1 Å². The molecule has 3 aromatic rings. The summed E-state index contributed by atoms with van der Waals surface area (Å²) in [5.74, 6) is 0.785. The number of hydrogen-bond donors (Lipinski definition) is 3. The monoisotopic (exact) mass is 448 g/mol. The second-order valence-corrected chi connectivity index (χ2v) is 8.35. The fourth-order valence-corrected chi connectivity index (χ4v) is 4.87. The van der Waals surface area contributed by atoms with E-state index < -0.39 is 5.92 Å². The smallest absolute Gasteiger partial charge is 0.233 e. The minimum Gasteiger partial charge on any atom is -0.504 e. The minimum atomic E-state index is -0.451. The standard InChI is InChI=1S/C25H24N2O6/c1-12-22-23(14-4-6-17(28)18(29)9-14)24-16(26-25(22)33-27-12)8-15(10-19(24)30)13-5-7-20(31-2)21(11-13)32-3/h4-7,9,11,15,23,26,28-29H,8,10H2,1-3H3/t15-,23+/m1/s1. The normalized spacial score (nSPS) is 19.5. The second-order valence-electron chi connectivity index (χ2n) is 8.35. The third-order valence-electron chi connectivity index (χ3n) is 6.47. The lowest BCUT2D eigenvalue weighted by Crippen LogP contribution is -2.29. The lowest BCUT2D eigenvalue weighted by Gasteiger charge is -2.34. The number of ether oxygens (including phenoxy) is 2. The lowest BCUT2D eigenvalue weighted by molar-refractivity contribution is -0.116. The van der Waals surface area contributed by atoms with Crippen LogP contribution in [0.25, 0.3) is 0 Å². The molecule has 2 atom stereocenters. The number of phenols is 2. The summed E-state index contributed by atoms with van der Waals surface area (Å²) < 4.78 is 16.3. The van der Waals surface area contributed by atoms with Crippen LogP contribution >= 0.6 is 0 Å². The largest absolute Gasteiger partial charge is 0.504 e. The summed E-state index contributed by atoms with van der Waals surface area (Å²) in [6.07, 6.45) is 0.923. The van der Waals surface area contributed by atoms with Crippen LogP contribution in [0.4, 0.5) is 5.88 Å². The number of hydrogen-bond acceptors (Lipinski definition) is 8. The summed E-state index contributed by atoms with van der Waals surface area (Å²) >= 11 is 0. The van der Waals surface area contributed by atoms with E-state index in [4.69, 9.17) is 14.0 Å². The summed E-state index contributed by atoms with van der Waals surface area (Å²) in [6, 6.07) is 10.3. The van der Waals surface area contributed by atoms with Gasteiger partial charge in [-0.2, -0.15) is 0 Å². The first-order valence-corrected chi connectivity index (χ1v) is 10.6. The quantitative estimate of drug-likeness (QED) is 0.504. The van der Waals surface area contributed by atoms with Crippen molar-refractivity contribution in [3.8, 4) is 23.0 Å². The molecule has 8 heteroatoms. The fourth-order valence-electron chi connectivity index (χ4n) is 4.87. The fraction of sp³-hybridized carbons (Fsp3) is 0.280. The van der Waals surface area contributed by atoms with E-state index in [9.17, 15) is 15.0 Å². The van der Waals surface area contributed by atoms with Gasteiger partial charge >= 0.3 is 0 Å². The molecule has 2 heterocycles. The van der Waals surface area contributed by atoms with Crippen LogP contribution in [-0.4, -0.2) is 35.4 Å². The van der Waals surface area contributed by atoms with Gasteiger partial charge in [-0.1, -0.05) is 17.3 Å². The van der Waals surface area contributed by atoms with Gasteiger partial charge in [0.15, 0.2) is 28.8 Å². The molecule has 0 bridgehead atoms. The van der Waals surface area contributed by atoms with Gasteiger partial charge in [0.05, 0.1) is 25.5 Å². The van der Waals surface area contributed by atoms with Gasteiger partial charge in [-0.05, 0) is 54.7 Å². The summed E-state index contributed by atoms with van der Waals surface area (Å²) in [5.41, 5.74) is 4.49. The topological polar surface area (TPSA) is 114 Å². The molecular formula is C25H24N2O6. The molecule has 0 amide bonds. The molecule has 1 aliphatic carbocycles. The van der Waals surface area contributed by atoms with E-state index >= 15 is 0 Å². The number of ketones is 1. The summed E-state index contributed by atoms with van der Waals surface area (Å²) in [7, 11) is 3.17. The number of anilines is 1. The van der Waals surface area contributed by atoms with Gasteiger partial charge in [-0.3, -0.25) is 4.79 Å². The van der Waals surface area contributed by atoms with Crippen LogP contribution in [0, 0.1) is 6.92 Å². The zero-order valence-corrected chi connectivity index (χ0v) is 18.5. The predicted molar refractivity (Wildman–Crippen MR) is 120 cm³/mol. The summed E-state index contributed by atoms with van der Waals surface area (Å²) in [4.78, 5) is 13.6.